The van der Waals surface area contributed by atoms with Crippen molar-refractivity contribution in [2.45, 2.75) is 45.2 Å². The van der Waals surface area contributed by atoms with E-state index in [1.807, 2.05) is 30.3 Å². The number of hydrogen-bond acceptors (Lipinski definition) is 3. The number of benzene rings is 1. The van der Waals surface area contributed by atoms with Gasteiger partial charge in [0.25, 0.3) is 0 Å². The van der Waals surface area contributed by atoms with Crippen molar-refractivity contribution >= 4 is 16.6 Å². The van der Waals surface area contributed by atoms with Crippen LogP contribution in [0.5, 0.6) is 0 Å². The number of anilines is 1. The van der Waals surface area contributed by atoms with Crippen LogP contribution < -0.4 is 5.73 Å². The highest BCUT2D eigenvalue weighted by molar-refractivity contribution is 5.90. The Balaban J connectivity index is 1.78. The molecule has 1 saturated carbocycles. The number of fused-ring (bicyclic) bond motifs is 1. The molecular weight excluding hydrogens is 258 g/mol. The summed E-state index contributed by atoms with van der Waals surface area (Å²) in [7, 11) is 2.22. The Bertz CT molecular complexity index is 623. The Labute approximate surface area is 127 Å². The van der Waals surface area contributed by atoms with Gasteiger partial charge in [0.15, 0.2) is 0 Å². The van der Waals surface area contributed by atoms with Gasteiger partial charge in [-0.3, -0.25) is 9.88 Å². The second-order valence-electron chi connectivity index (χ2n) is 6.56. The van der Waals surface area contributed by atoms with Crippen molar-refractivity contribution in [3.05, 3.63) is 36.0 Å². The maximum Gasteiger partial charge on any atom is 0.0726 e. The third-order valence-electron chi connectivity index (χ3n) is 4.74. The van der Waals surface area contributed by atoms with E-state index in [9.17, 15) is 0 Å². The summed E-state index contributed by atoms with van der Waals surface area (Å²) in [6.45, 7) is 3.25. The molecule has 0 saturated heterocycles. The highest BCUT2D eigenvalue weighted by Gasteiger charge is 2.22. The van der Waals surface area contributed by atoms with Gasteiger partial charge in [0.1, 0.15) is 0 Å². The summed E-state index contributed by atoms with van der Waals surface area (Å²) < 4.78 is 0. The second-order valence-corrected chi connectivity index (χ2v) is 6.56. The average Bonchev–Trinajstić information content (AvgIpc) is 2.47. The van der Waals surface area contributed by atoms with Crippen molar-refractivity contribution in [2.24, 2.45) is 5.92 Å². The second kappa shape index (κ2) is 6.02. The van der Waals surface area contributed by atoms with Crippen LogP contribution in [0.25, 0.3) is 10.9 Å². The SMILES string of the molecule is CC1CCCC(N(C)Cc2cc(N)c3ccccc3n2)C1. The molecule has 1 fully saturated rings. The molecule has 21 heavy (non-hydrogen) atoms. The summed E-state index contributed by atoms with van der Waals surface area (Å²) in [5.74, 6) is 0.848. The number of nitrogen functional groups attached to an aromatic ring is 1. The first-order chi connectivity index (χ1) is 10.1. The van der Waals surface area contributed by atoms with Gasteiger partial charge in [-0.05, 0) is 37.9 Å². The summed E-state index contributed by atoms with van der Waals surface area (Å²) >= 11 is 0. The summed E-state index contributed by atoms with van der Waals surface area (Å²) in [5.41, 5.74) is 9.08. The number of rotatable bonds is 3. The standard InChI is InChI=1S/C18H25N3/c1-13-6-5-7-15(10-13)21(2)12-14-11-17(19)16-8-3-4-9-18(16)20-14/h3-4,8-9,11,13,15H,5-7,10,12H2,1-2H3,(H2,19,20). The maximum atomic E-state index is 6.17. The Kier molecular flexibility index (Phi) is 4.11. The number of nitrogens with zero attached hydrogens (tertiary/aromatic N) is 2. The van der Waals surface area contributed by atoms with Crippen molar-refractivity contribution in [1.29, 1.82) is 0 Å². The molecule has 3 heteroatoms. The number of hydrogen-bond donors (Lipinski definition) is 1. The monoisotopic (exact) mass is 283 g/mol. The molecule has 0 spiro atoms. The van der Waals surface area contributed by atoms with Gasteiger partial charge in [0, 0.05) is 23.7 Å². The van der Waals surface area contributed by atoms with Crippen LogP contribution in [0.3, 0.4) is 0 Å². The molecule has 2 aromatic rings. The molecule has 2 unspecified atom stereocenters. The van der Waals surface area contributed by atoms with Crippen LogP contribution in [-0.2, 0) is 6.54 Å². The van der Waals surface area contributed by atoms with E-state index >= 15 is 0 Å². The molecule has 0 radical (unpaired) electrons. The zero-order valence-electron chi connectivity index (χ0n) is 13.0. The van der Waals surface area contributed by atoms with Gasteiger partial charge in [0.2, 0.25) is 0 Å². The minimum atomic E-state index is 0.684. The van der Waals surface area contributed by atoms with E-state index in [1.54, 1.807) is 0 Å². The predicted octanol–water partition coefficient (Wildman–Crippen LogP) is 3.83. The van der Waals surface area contributed by atoms with Crippen LogP contribution in [0, 0.1) is 5.92 Å². The number of nitrogens with two attached hydrogens (primary N) is 1. The van der Waals surface area contributed by atoms with Crippen LogP contribution in [0.4, 0.5) is 5.69 Å². The first-order valence-electron chi connectivity index (χ1n) is 7.98. The fraction of sp³-hybridized carbons (Fsp3) is 0.500. The molecule has 1 aromatic heterocycles. The van der Waals surface area contributed by atoms with Gasteiger partial charge in [-0.1, -0.05) is 38.0 Å². The lowest BCUT2D eigenvalue weighted by molar-refractivity contribution is 0.156. The molecule has 3 rings (SSSR count). The molecule has 2 N–H and O–H groups in total. The van der Waals surface area contributed by atoms with Gasteiger partial charge < -0.3 is 5.73 Å². The molecule has 1 heterocycles. The number of para-hydroxylation sites is 1. The van der Waals surface area contributed by atoms with Gasteiger partial charge in [-0.2, -0.15) is 0 Å². The van der Waals surface area contributed by atoms with Gasteiger partial charge in [-0.25, -0.2) is 0 Å². The quantitative estimate of drug-likeness (QED) is 0.931. The lowest BCUT2D eigenvalue weighted by Crippen LogP contribution is -2.35. The summed E-state index contributed by atoms with van der Waals surface area (Å²) in [6.07, 6.45) is 5.35. The fourth-order valence-corrected chi connectivity index (χ4v) is 3.53. The lowest BCUT2D eigenvalue weighted by atomic mass is 9.86. The smallest absolute Gasteiger partial charge is 0.0726 e. The van der Waals surface area contributed by atoms with Crippen molar-refractivity contribution in [2.75, 3.05) is 12.8 Å². The molecule has 0 aliphatic heterocycles. The van der Waals surface area contributed by atoms with E-state index in [2.05, 4.69) is 18.9 Å². The zero-order valence-corrected chi connectivity index (χ0v) is 13.0. The molecule has 2 atom stereocenters. The Morgan fingerprint density at radius 1 is 1.29 bits per heavy atom. The molecule has 1 aromatic carbocycles. The minimum Gasteiger partial charge on any atom is -0.398 e. The Hall–Kier alpha value is -1.61. The topological polar surface area (TPSA) is 42.1 Å². The molecule has 1 aliphatic carbocycles. The average molecular weight is 283 g/mol. The Morgan fingerprint density at radius 2 is 2.10 bits per heavy atom. The normalized spacial score (nSPS) is 22.8. The van der Waals surface area contributed by atoms with E-state index < -0.39 is 0 Å². The van der Waals surface area contributed by atoms with E-state index in [-0.39, 0.29) is 0 Å². The van der Waals surface area contributed by atoms with E-state index in [0.29, 0.717) is 6.04 Å². The van der Waals surface area contributed by atoms with Gasteiger partial charge in [0.05, 0.1) is 11.2 Å². The van der Waals surface area contributed by atoms with Crippen molar-refractivity contribution < 1.29 is 0 Å². The van der Waals surface area contributed by atoms with Crippen molar-refractivity contribution in [1.82, 2.24) is 9.88 Å². The Morgan fingerprint density at radius 3 is 2.90 bits per heavy atom. The minimum absolute atomic E-state index is 0.684. The first kappa shape index (κ1) is 14.3. The molecule has 112 valence electrons. The number of pyridine rings is 1. The van der Waals surface area contributed by atoms with E-state index in [1.165, 1.54) is 25.7 Å². The van der Waals surface area contributed by atoms with Crippen molar-refractivity contribution in [3.8, 4) is 0 Å². The summed E-state index contributed by atoms with van der Waals surface area (Å²) in [4.78, 5) is 7.22. The van der Waals surface area contributed by atoms with Crippen LogP contribution >= 0.6 is 0 Å². The third-order valence-corrected chi connectivity index (χ3v) is 4.74. The predicted molar refractivity (Wildman–Crippen MR) is 89.0 cm³/mol. The number of aromatic nitrogens is 1. The molecule has 0 bridgehead atoms. The van der Waals surface area contributed by atoms with E-state index in [4.69, 9.17) is 10.7 Å². The molecule has 3 nitrogen and oxygen atoms in total. The zero-order chi connectivity index (χ0) is 14.8. The molecular formula is C18H25N3. The summed E-state index contributed by atoms with van der Waals surface area (Å²) in [6, 6.07) is 10.8. The third kappa shape index (κ3) is 3.18. The van der Waals surface area contributed by atoms with Crippen molar-refractivity contribution in [3.63, 3.8) is 0 Å². The molecule has 0 amide bonds. The van der Waals surface area contributed by atoms with Gasteiger partial charge in [-0.15, -0.1) is 0 Å². The first-order valence-corrected chi connectivity index (χ1v) is 7.98. The van der Waals surface area contributed by atoms with Crippen LogP contribution in [-0.4, -0.2) is 23.0 Å². The van der Waals surface area contributed by atoms with Crippen LogP contribution in [0.15, 0.2) is 30.3 Å². The lowest BCUT2D eigenvalue weighted by Gasteiger charge is -2.34. The highest BCUT2D eigenvalue weighted by Crippen LogP contribution is 2.28. The maximum absolute atomic E-state index is 6.17. The largest absolute Gasteiger partial charge is 0.398 e. The molecule has 1 aliphatic rings. The van der Waals surface area contributed by atoms with Gasteiger partial charge >= 0.3 is 0 Å². The van der Waals surface area contributed by atoms with Crippen LogP contribution in [0.2, 0.25) is 0 Å². The fourth-order valence-electron chi connectivity index (χ4n) is 3.53. The summed E-state index contributed by atoms with van der Waals surface area (Å²) in [5, 5.41) is 1.05. The van der Waals surface area contributed by atoms with Crippen LogP contribution in [0.1, 0.15) is 38.3 Å². The van der Waals surface area contributed by atoms with E-state index in [0.717, 1.165) is 34.7 Å². The highest BCUT2D eigenvalue weighted by atomic mass is 15.1.